The monoisotopic (exact) mass is 538 g/mol. The van der Waals surface area contributed by atoms with Gasteiger partial charge in [0.1, 0.15) is 11.5 Å². The van der Waals surface area contributed by atoms with Gasteiger partial charge in [-0.2, -0.15) is 5.10 Å². The summed E-state index contributed by atoms with van der Waals surface area (Å²) in [4.78, 5) is 10.8. The summed E-state index contributed by atoms with van der Waals surface area (Å²) in [6, 6.07) is 16.5. The van der Waals surface area contributed by atoms with Gasteiger partial charge in [0, 0.05) is 32.2 Å². The second-order valence-corrected chi connectivity index (χ2v) is 9.91. The minimum Gasteiger partial charge on any atom is -0.477 e. The van der Waals surface area contributed by atoms with E-state index in [4.69, 9.17) is 9.84 Å². The Kier molecular flexibility index (Phi) is 13.0. The Morgan fingerprint density at radius 1 is 1.08 bits per heavy atom. The van der Waals surface area contributed by atoms with Crippen molar-refractivity contribution < 1.29 is 19.0 Å². The molecule has 8 heteroatoms. The largest absolute Gasteiger partial charge is 0.477 e. The zero-order chi connectivity index (χ0) is 27.9. The molecule has 2 heterocycles. The van der Waals surface area contributed by atoms with Crippen LogP contribution in [0, 0.1) is 5.82 Å². The number of nitrogens with one attached hydrogen (secondary N) is 2. The third-order valence-electron chi connectivity index (χ3n) is 6.81. The lowest BCUT2D eigenvalue weighted by atomic mass is 10.1. The number of aromatic nitrogens is 2. The predicted molar refractivity (Wildman–Crippen MR) is 155 cm³/mol. The lowest BCUT2D eigenvalue weighted by molar-refractivity contribution is 0.0275. The van der Waals surface area contributed by atoms with Gasteiger partial charge in [0.25, 0.3) is 0 Å². The molecule has 7 nitrogen and oxygen atoms in total. The SMILES string of the molecule is CCCCCCCCCCNc1ccc([C@H]2CNCCO2)cc1F.Cn1nc(-c2ccccc2)cc1C(=O)O. The number of benzene rings is 2. The number of nitrogens with zero attached hydrogens (tertiary/aromatic N) is 2. The van der Waals surface area contributed by atoms with Crippen molar-refractivity contribution in [2.45, 2.75) is 64.4 Å². The second kappa shape index (κ2) is 16.7. The van der Waals surface area contributed by atoms with Crippen molar-refractivity contribution in [3.05, 3.63) is 71.7 Å². The van der Waals surface area contributed by atoms with E-state index in [2.05, 4.69) is 22.7 Å². The van der Waals surface area contributed by atoms with Crippen LogP contribution in [0.1, 0.15) is 80.4 Å². The van der Waals surface area contributed by atoms with Crippen molar-refractivity contribution in [3.63, 3.8) is 0 Å². The van der Waals surface area contributed by atoms with Crippen LogP contribution in [0.5, 0.6) is 0 Å². The van der Waals surface area contributed by atoms with Crippen molar-refractivity contribution >= 4 is 11.7 Å². The van der Waals surface area contributed by atoms with E-state index in [9.17, 15) is 9.18 Å². The third kappa shape index (κ3) is 10.1. The number of carboxylic acid groups (broad SMARTS) is 1. The number of carboxylic acids is 1. The number of ether oxygens (including phenoxy) is 1. The Morgan fingerprint density at radius 3 is 2.41 bits per heavy atom. The molecular formula is C31H43FN4O3. The summed E-state index contributed by atoms with van der Waals surface area (Å²) in [5, 5.41) is 19.5. The van der Waals surface area contributed by atoms with Crippen LogP contribution in [-0.2, 0) is 11.8 Å². The molecule has 0 saturated carbocycles. The highest BCUT2D eigenvalue weighted by Gasteiger charge is 2.17. The predicted octanol–water partition coefficient (Wildman–Crippen LogP) is 6.82. The summed E-state index contributed by atoms with van der Waals surface area (Å²) in [5.74, 6) is -1.14. The molecule has 0 aliphatic carbocycles. The molecule has 2 aromatic carbocycles. The third-order valence-corrected chi connectivity index (χ3v) is 6.81. The molecule has 1 aliphatic rings. The lowest BCUT2D eigenvalue weighted by Gasteiger charge is -2.24. The number of hydrogen-bond donors (Lipinski definition) is 3. The van der Waals surface area contributed by atoms with E-state index in [1.54, 1.807) is 19.2 Å². The first-order valence-corrected chi connectivity index (χ1v) is 14.2. The van der Waals surface area contributed by atoms with Crippen LogP contribution in [0.15, 0.2) is 54.6 Å². The lowest BCUT2D eigenvalue weighted by Crippen LogP contribution is -2.33. The number of unbranched alkanes of at least 4 members (excludes halogenated alkanes) is 7. The second-order valence-electron chi connectivity index (χ2n) is 9.91. The number of hydrogen-bond acceptors (Lipinski definition) is 5. The topological polar surface area (TPSA) is 88.4 Å². The van der Waals surface area contributed by atoms with Gasteiger partial charge in [-0.15, -0.1) is 0 Å². The molecule has 1 aliphatic heterocycles. The Morgan fingerprint density at radius 2 is 1.79 bits per heavy atom. The summed E-state index contributed by atoms with van der Waals surface area (Å²) < 4.78 is 21.3. The van der Waals surface area contributed by atoms with Crippen molar-refractivity contribution in [1.82, 2.24) is 15.1 Å². The Labute approximate surface area is 231 Å². The molecule has 39 heavy (non-hydrogen) atoms. The van der Waals surface area contributed by atoms with E-state index in [0.29, 0.717) is 18.0 Å². The van der Waals surface area contributed by atoms with Crippen molar-refractivity contribution in [3.8, 4) is 11.3 Å². The highest BCUT2D eigenvalue weighted by atomic mass is 19.1. The molecule has 1 fully saturated rings. The normalized spacial score (nSPS) is 14.9. The van der Waals surface area contributed by atoms with Crippen LogP contribution in [0.25, 0.3) is 11.3 Å². The summed E-state index contributed by atoms with van der Waals surface area (Å²) >= 11 is 0. The molecule has 1 aromatic heterocycles. The highest BCUT2D eigenvalue weighted by Crippen LogP contribution is 2.24. The number of aryl methyl sites for hydroxylation is 1. The van der Waals surface area contributed by atoms with Gasteiger partial charge in [-0.05, 0) is 30.2 Å². The van der Waals surface area contributed by atoms with Crippen LogP contribution < -0.4 is 10.6 Å². The number of morpholine rings is 1. The van der Waals surface area contributed by atoms with Crippen LogP contribution in [0.3, 0.4) is 0 Å². The molecule has 3 N–H and O–H groups in total. The fourth-order valence-electron chi connectivity index (χ4n) is 4.55. The summed E-state index contributed by atoms with van der Waals surface area (Å²) in [6.07, 6.45) is 10.3. The zero-order valence-electron chi connectivity index (χ0n) is 23.3. The maximum Gasteiger partial charge on any atom is 0.354 e. The molecule has 212 valence electrons. The average Bonchev–Trinajstić information content (AvgIpc) is 3.36. The number of aromatic carboxylic acids is 1. The molecule has 1 saturated heterocycles. The molecule has 1 atom stereocenters. The molecule has 0 unspecified atom stereocenters. The molecule has 0 spiro atoms. The molecule has 3 aromatic rings. The molecule has 0 amide bonds. The number of halogens is 1. The van der Waals surface area contributed by atoms with E-state index in [1.807, 2.05) is 42.5 Å². The van der Waals surface area contributed by atoms with Crippen molar-refractivity contribution in [1.29, 1.82) is 0 Å². The molecular weight excluding hydrogens is 495 g/mol. The van der Waals surface area contributed by atoms with E-state index in [1.165, 1.54) is 49.6 Å². The summed E-state index contributed by atoms with van der Waals surface area (Å²) in [7, 11) is 1.62. The van der Waals surface area contributed by atoms with E-state index >= 15 is 0 Å². The van der Waals surface area contributed by atoms with Gasteiger partial charge in [-0.25, -0.2) is 9.18 Å². The van der Waals surface area contributed by atoms with Gasteiger partial charge in [0.2, 0.25) is 0 Å². The fourth-order valence-corrected chi connectivity index (χ4v) is 4.55. The van der Waals surface area contributed by atoms with Gasteiger partial charge in [-0.3, -0.25) is 4.68 Å². The smallest absolute Gasteiger partial charge is 0.354 e. The first-order valence-electron chi connectivity index (χ1n) is 14.2. The zero-order valence-corrected chi connectivity index (χ0v) is 23.3. The number of carbonyl (C=O) groups is 1. The molecule has 4 rings (SSSR count). The standard InChI is InChI=1S/C20H33FN2O.C11H10N2O2/c1-2-3-4-5-6-7-8-9-12-23-19-11-10-17(15-18(19)21)20-16-22-13-14-24-20;1-13-10(11(14)15)7-9(12-13)8-5-3-2-4-6-8/h10-11,15,20,22-23H,2-9,12-14,16H2,1H3;2-7H,1H3,(H,14,15)/t20-;/m1./s1. The van der Waals surface area contributed by atoms with Gasteiger partial charge in [0.15, 0.2) is 0 Å². The Bertz CT molecular complexity index is 1130. The summed E-state index contributed by atoms with van der Waals surface area (Å²) in [6.45, 7) is 5.40. The van der Waals surface area contributed by atoms with Crippen LogP contribution in [-0.4, -0.2) is 47.1 Å². The van der Waals surface area contributed by atoms with Crippen LogP contribution in [0.2, 0.25) is 0 Å². The van der Waals surface area contributed by atoms with E-state index in [0.717, 1.165) is 37.2 Å². The van der Waals surface area contributed by atoms with Crippen molar-refractivity contribution in [2.24, 2.45) is 7.05 Å². The fraction of sp³-hybridized carbons (Fsp3) is 0.484. The van der Waals surface area contributed by atoms with E-state index in [-0.39, 0.29) is 17.6 Å². The Hall–Kier alpha value is -3.23. The van der Waals surface area contributed by atoms with Gasteiger partial charge in [0.05, 0.1) is 24.1 Å². The van der Waals surface area contributed by atoms with Crippen LogP contribution >= 0.6 is 0 Å². The summed E-state index contributed by atoms with van der Waals surface area (Å²) in [5.41, 5.74) is 3.30. The first-order chi connectivity index (χ1) is 19.0. The number of anilines is 1. The quantitative estimate of drug-likeness (QED) is 0.207. The minimum absolute atomic E-state index is 0.0324. The maximum atomic E-state index is 14.2. The van der Waals surface area contributed by atoms with Crippen molar-refractivity contribution in [2.75, 3.05) is 31.6 Å². The first kappa shape index (κ1) is 30.3. The van der Waals surface area contributed by atoms with Gasteiger partial charge in [-0.1, -0.05) is 88.3 Å². The number of rotatable bonds is 13. The highest BCUT2D eigenvalue weighted by molar-refractivity contribution is 5.87. The van der Waals surface area contributed by atoms with E-state index < -0.39 is 5.97 Å². The Balaban J connectivity index is 0.000000239. The van der Waals surface area contributed by atoms with Gasteiger partial charge >= 0.3 is 5.97 Å². The average molecular weight is 539 g/mol. The molecule has 0 bridgehead atoms. The van der Waals surface area contributed by atoms with Gasteiger partial charge < -0.3 is 20.5 Å². The maximum absolute atomic E-state index is 14.2. The minimum atomic E-state index is -0.966. The van der Waals surface area contributed by atoms with Crippen LogP contribution in [0.4, 0.5) is 10.1 Å². The molecule has 0 radical (unpaired) electrons.